The largest absolute Gasteiger partial charge is 0.315 e. The first kappa shape index (κ1) is 17.7. The Morgan fingerprint density at radius 1 is 0.962 bits per heavy atom. The second-order valence-corrected chi connectivity index (χ2v) is 7.82. The molecule has 0 saturated carbocycles. The van der Waals surface area contributed by atoms with Gasteiger partial charge in [0.05, 0.1) is 0 Å². The van der Waals surface area contributed by atoms with Crippen molar-refractivity contribution in [2.24, 2.45) is 0 Å². The van der Waals surface area contributed by atoms with E-state index in [1.54, 1.807) is 0 Å². The van der Waals surface area contributed by atoms with Gasteiger partial charge in [0.25, 0.3) is 0 Å². The van der Waals surface area contributed by atoms with Gasteiger partial charge < -0.3 is 4.57 Å². The molecule has 0 N–H and O–H groups in total. The number of rotatable bonds is 5. The van der Waals surface area contributed by atoms with Crippen molar-refractivity contribution in [1.82, 2.24) is 19.7 Å². The molecule has 0 bridgehead atoms. The van der Waals surface area contributed by atoms with E-state index in [0.29, 0.717) is 0 Å². The average Bonchev–Trinajstić information content (AvgIpc) is 2.89. The van der Waals surface area contributed by atoms with Crippen molar-refractivity contribution in [2.75, 3.05) is 19.6 Å². The number of benzene rings is 1. The van der Waals surface area contributed by atoms with Crippen LogP contribution in [0.25, 0.3) is 5.57 Å². The Balaban J connectivity index is 1.28. The van der Waals surface area contributed by atoms with Gasteiger partial charge in [0.15, 0.2) is 0 Å². The third-order valence-electron chi connectivity index (χ3n) is 5.57. The quantitative estimate of drug-likeness (QED) is 0.783. The van der Waals surface area contributed by atoms with Crippen LogP contribution < -0.4 is 0 Å². The predicted octanol–water partition coefficient (Wildman–Crippen LogP) is 4.38. The van der Waals surface area contributed by atoms with E-state index in [-0.39, 0.29) is 0 Å². The number of aryl methyl sites for hydroxylation is 2. The Morgan fingerprint density at radius 3 is 2.65 bits per heavy atom. The molecule has 5 heteroatoms. The molecule has 0 saturated heterocycles. The molecule has 0 fully saturated rings. The topological polar surface area (TPSA) is 34.0 Å². The molecule has 0 spiro atoms. The molecule has 1 aromatic heterocycles. The van der Waals surface area contributed by atoms with E-state index in [2.05, 4.69) is 37.9 Å². The second-order valence-electron chi connectivity index (χ2n) is 7.39. The molecule has 0 atom stereocenters. The zero-order chi connectivity index (χ0) is 17.8. The summed E-state index contributed by atoms with van der Waals surface area (Å²) in [5, 5.41) is 9.67. The molecule has 0 aliphatic carbocycles. The summed E-state index contributed by atoms with van der Waals surface area (Å²) in [6.45, 7) is 4.41. The molecule has 0 unspecified atom stereocenters. The maximum absolute atomic E-state index is 5.99. The zero-order valence-electron chi connectivity index (χ0n) is 15.3. The number of nitrogens with zero attached hydrogens (tertiary/aromatic N) is 4. The number of hydrogen-bond acceptors (Lipinski definition) is 3. The number of aromatic nitrogens is 3. The van der Waals surface area contributed by atoms with E-state index in [9.17, 15) is 0 Å². The molecule has 3 heterocycles. The van der Waals surface area contributed by atoms with Crippen molar-refractivity contribution in [3.63, 3.8) is 0 Å². The molecule has 2 aromatic rings. The fourth-order valence-electron chi connectivity index (χ4n) is 4.03. The first-order valence-corrected chi connectivity index (χ1v) is 10.3. The predicted molar refractivity (Wildman–Crippen MR) is 106 cm³/mol. The minimum absolute atomic E-state index is 0.804. The molecule has 0 amide bonds. The maximum atomic E-state index is 5.99. The summed E-state index contributed by atoms with van der Waals surface area (Å²) in [6.07, 6.45) is 10.6. The van der Waals surface area contributed by atoms with E-state index in [1.165, 1.54) is 42.0 Å². The minimum Gasteiger partial charge on any atom is -0.315 e. The smallest absolute Gasteiger partial charge is 0.133 e. The lowest BCUT2D eigenvalue weighted by atomic mass is 9.99. The Kier molecular flexibility index (Phi) is 5.71. The third kappa shape index (κ3) is 4.18. The van der Waals surface area contributed by atoms with E-state index in [1.807, 2.05) is 12.1 Å². The summed E-state index contributed by atoms with van der Waals surface area (Å²) < 4.78 is 2.38. The molecule has 4 nitrogen and oxygen atoms in total. The fourth-order valence-corrected chi connectivity index (χ4v) is 4.16. The van der Waals surface area contributed by atoms with Crippen LogP contribution >= 0.6 is 11.6 Å². The summed E-state index contributed by atoms with van der Waals surface area (Å²) >= 11 is 5.99. The van der Waals surface area contributed by atoms with Gasteiger partial charge in [-0.2, -0.15) is 0 Å². The Labute approximate surface area is 160 Å². The van der Waals surface area contributed by atoms with E-state index in [4.69, 9.17) is 11.6 Å². The van der Waals surface area contributed by atoms with E-state index in [0.717, 1.165) is 56.9 Å². The normalized spacial score (nSPS) is 18.3. The summed E-state index contributed by atoms with van der Waals surface area (Å²) in [5.41, 5.74) is 2.75. The first-order chi connectivity index (χ1) is 12.8. The lowest BCUT2D eigenvalue weighted by Crippen LogP contribution is -2.29. The number of fused-ring (bicyclic) bond motifs is 1. The van der Waals surface area contributed by atoms with Crippen molar-refractivity contribution >= 4 is 17.2 Å². The molecular formula is C21H27ClN4. The highest BCUT2D eigenvalue weighted by Crippen LogP contribution is 2.24. The Morgan fingerprint density at radius 2 is 1.85 bits per heavy atom. The molecule has 4 rings (SSSR count). The summed E-state index contributed by atoms with van der Waals surface area (Å²) in [6, 6.07) is 8.21. The van der Waals surface area contributed by atoms with Gasteiger partial charge in [0.1, 0.15) is 11.6 Å². The van der Waals surface area contributed by atoms with Gasteiger partial charge in [0, 0.05) is 37.5 Å². The van der Waals surface area contributed by atoms with Crippen LogP contribution in [-0.4, -0.2) is 39.3 Å². The monoisotopic (exact) mass is 370 g/mol. The third-order valence-corrected chi connectivity index (χ3v) is 5.82. The highest BCUT2D eigenvalue weighted by atomic mass is 35.5. The van der Waals surface area contributed by atoms with Crippen molar-refractivity contribution < 1.29 is 0 Å². The van der Waals surface area contributed by atoms with Gasteiger partial charge in [-0.05, 0) is 55.5 Å². The highest BCUT2D eigenvalue weighted by Gasteiger charge is 2.16. The summed E-state index contributed by atoms with van der Waals surface area (Å²) in [7, 11) is 0. The summed E-state index contributed by atoms with van der Waals surface area (Å²) in [4.78, 5) is 2.54. The van der Waals surface area contributed by atoms with Gasteiger partial charge in [-0.1, -0.05) is 36.2 Å². The van der Waals surface area contributed by atoms with Crippen molar-refractivity contribution in [3.05, 3.63) is 52.6 Å². The Bertz CT molecular complexity index is 763. The van der Waals surface area contributed by atoms with Crippen LogP contribution in [0.15, 0.2) is 30.3 Å². The van der Waals surface area contributed by atoms with Gasteiger partial charge in [-0.15, -0.1) is 10.2 Å². The number of halogens is 1. The fraction of sp³-hybridized carbons (Fsp3) is 0.524. The van der Waals surface area contributed by atoms with Crippen molar-refractivity contribution in [1.29, 1.82) is 0 Å². The van der Waals surface area contributed by atoms with Crippen molar-refractivity contribution in [3.8, 4) is 0 Å². The SMILES string of the molecule is Clc1ccc(C2=CCN(CCCc3nnc4n3CCCCC4)CC2)cc1. The summed E-state index contributed by atoms with van der Waals surface area (Å²) in [5.74, 6) is 2.39. The first-order valence-electron chi connectivity index (χ1n) is 9.88. The average molecular weight is 371 g/mol. The number of hydrogen-bond donors (Lipinski definition) is 0. The molecular weight excluding hydrogens is 344 g/mol. The van der Waals surface area contributed by atoms with Gasteiger partial charge >= 0.3 is 0 Å². The zero-order valence-corrected chi connectivity index (χ0v) is 16.1. The maximum Gasteiger partial charge on any atom is 0.133 e. The van der Waals surface area contributed by atoms with E-state index < -0.39 is 0 Å². The molecule has 26 heavy (non-hydrogen) atoms. The Hall–Kier alpha value is -1.65. The van der Waals surface area contributed by atoms with Gasteiger partial charge in [-0.25, -0.2) is 0 Å². The van der Waals surface area contributed by atoms with Crippen LogP contribution in [0.5, 0.6) is 0 Å². The van der Waals surface area contributed by atoms with Gasteiger partial charge in [-0.3, -0.25) is 4.90 Å². The van der Waals surface area contributed by atoms with Gasteiger partial charge in [0.2, 0.25) is 0 Å². The molecule has 2 aliphatic heterocycles. The molecule has 1 aromatic carbocycles. The second kappa shape index (κ2) is 8.36. The van der Waals surface area contributed by atoms with Crippen molar-refractivity contribution in [2.45, 2.75) is 51.5 Å². The minimum atomic E-state index is 0.804. The molecule has 138 valence electrons. The molecule has 2 aliphatic rings. The van der Waals surface area contributed by atoms with Crippen LogP contribution in [-0.2, 0) is 19.4 Å². The van der Waals surface area contributed by atoms with Crippen LogP contribution in [0.3, 0.4) is 0 Å². The molecule has 0 radical (unpaired) electrons. The standard InChI is InChI=1S/C21H27ClN4/c22-19-9-7-17(8-10-19)18-11-15-25(16-12-18)13-4-6-21-24-23-20-5-2-1-3-14-26(20)21/h7-11H,1-6,12-16H2. The van der Waals surface area contributed by atoms with Crippen LogP contribution in [0.1, 0.15) is 49.3 Å². The highest BCUT2D eigenvalue weighted by molar-refractivity contribution is 6.30. The van der Waals surface area contributed by atoms with Crippen LogP contribution in [0, 0.1) is 0 Å². The van der Waals surface area contributed by atoms with E-state index >= 15 is 0 Å². The lowest BCUT2D eigenvalue weighted by Gasteiger charge is -2.26. The van der Waals surface area contributed by atoms with Crippen LogP contribution in [0.4, 0.5) is 0 Å². The lowest BCUT2D eigenvalue weighted by molar-refractivity contribution is 0.296. The van der Waals surface area contributed by atoms with Crippen LogP contribution in [0.2, 0.25) is 5.02 Å².